The van der Waals surface area contributed by atoms with Gasteiger partial charge in [-0.2, -0.15) is 4.39 Å². The molecule has 1 saturated carbocycles. The summed E-state index contributed by atoms with van der Waals surface area (Å²) in [4.78, 5) is 14.1. The molecule has 0 saturated heterocycles. The lowest BCUT2D eigenvalue weighted by Gasteiger charge is -2.32. The Labute approximate surface area is 155 Å². The van der Waals surface area contributed by atoms with Gasteiger partial charge in [0.15, 0.2) is 0 Å². The quantitative estimate of drug-likeness (QED) is 0.310. The highest BCUT2D eigenvalue weighted by atomic mass is 19.3. The van der Waals surface area contributed by atoms with Gasteiger partial charge in [-0.3, -0.25) is 10.2 Å². The van der Waals surface area contributed by atoms with Gasteiger partial charge in [0.05, 0.1) is 6.04 Å². The van der Waals surface area contributed by atoms with Crippen LogP contribution in [0.3, 0.4) is 0 Å². The molecule has 146 valence electrons. The second-order valence-electron chi connectivity index (χ2n) is 6.28. The van der Waals surface area contributed by atoms with E-state index in [-0.39, 0.29) is 17.2 Å². The Hall–Kier alpha value is -2.64. The highest BCUT2D eigenvalue weighted by Gasteiger charge is 2.41. The summed E-state index contributed by atoms with van der Waals surface area (Å²) in [6.07, 6.45) is -2.09. The Balaban J connectivity index is 2.41. The minimum atomic E-state index is -3.31. The zero-order valence-corrected chi connectivity index (χ0v) is 15.0. The zero-order valence-electron chi connectivity index (χ0n) is 15.0. The van der Waals surface area contributed by atoms with Gasteiger partial charge >= 0.3 is 0 Å². The van der Waals surface area contributed by atoms with Crippen molar-refractivity contribution in [1.82, 2.24) is 10.2 Å². The number of benzene rings is 1. The van der Waals surface area contributed by atoms with E-state index in [0.717, 1.165) is 7.05 Å². The molecule has 1 aromatic carbocycles. The SMILES string of the molecule is C=C(c1ccccc1F)C(C)N(C(=O)/C(C(=N)C(F)F)=C(\F)NC)C1CC1. The third-order valence-electron chi connectivity index (χ3n) is 4.46. The van der Waals surface area contributed by atoms with Gasteiger partial charge in [-0.15, -0.1) is 0 Å². The standard InChI is InChI=1S/C19H21F4N3O/c1-10(13-6-4-5-7-14(13)20)11(2)26(12-8-9-12)19(27)15(18(23)25-3)16(24)17(21)22/h4-7,11-12,17,24-25H,1,8-9H2,2-3H3/b18-15+,24-16?. The predicted octanol–water partition coefficient (Wildman–Crippen LogP) is 3.90. The van der Waals surface area contributed by atoms with Crippen molar-refractivity contribution in [3.63, 3.8) is 0 Å². The van der Waals surface area contributed by atoms with Crippen LogP contribution in [0.4, 0.5) is 17.6 Å². The topological polar surface area (TPSA) is 56.2 Å². The average molecular weight is 383 g/mol. The Morgan fingerprint density at radius 3 is 2.41 bits per heavy atom. The Kier molecular flexibility index (Phi) is 6.41. The van der Waals surface area contributed by atoms with Gasteiger partial charge in [0.25, 0.3) is 12.3 Å². The molecular weight excluding hydrogens is 362 g/mol. The fourth-order valence-corrected chi connectivity index (χ4v) is 2.82. The lowest BCUT2D eigenvalue weighted by atomic mass is 9.98. The van der Waals surface area contributed by atoms with Crippen molar-refractivity contribution in [2.75, 3.05) is 7.05 Å². The molecule has 1 fully saturated rings. The molecule has 0 aliphatic heterocycles. The summed E-state index contributed by atoms with van der Waals surface area (Å²) < 4.78 is 54.2. The molecule has 2 rings (SSSR count). The molecule has 1 amide bonds. The monoisotopic (exact) mass is 383 g/mol. The van der Waals surface area contributed by atoms with Gasteiger partial charge in [0.1, 0.15) is 17.1 Å². The smallest absolute Gasteiger partial charge is 0.280 e. The van der Waals surface area contributed by atoms with Crippen molar-refractivity contribution in [3.05, 3.63) is 53.7 Å². The van der Waals surface area contributed by atoms with Crippen LogP contribution in [0.2, 0.25) is 0 Å². The number of halogens is 4. The van der Waals surface area contributed by atoms with E-state index in [1.54, 1.807) is 13.0 Å². The number of nitrogens with one attached hydrogen (secondary N) is 2. The lowest BCUT2D eigenvalue weighted by molar-refractivity contribution is -0.128. The second kappa shape index (κ2) is 8.37. The van der Waals surface area contributed by atoms with Gasteiger partial charge in [0.2, 0.25) is 5.95 Å². The van der Waals surface area contributed by atoms with Gasteiger partial charge in [0, 0.05) is 18.7 Å². The number of carbonyl (C=O) groups excluding carboxylic acids is 1. The maximum atomic E-state index is 14.1. The highest BCUT2D eigenvalue weighted by Crippen LogP contribution is 2.35. The number of hydrogen-bond acceptors (Lipinski definition) is 3. The number of amides is 1. The first-order chi connectivity index (χ1) is 12.7. The largest absolute Gasteiger partial charge is 0.364 e. The number of alkyl halides is 2. The van der Waals surface area contributed by atoms with Gasteiger partial charge in [-0.1, -0.05) is 24.8 Å². The van der Waals surface area contributed by atoms with Crippen LogP contribution in [-0.2, 0) is 4.79 Å². The minimum absolute atomic E-state index is 0.187. The van der Waals surface area contributed by atoms with Crippen LogP contribution < -0.4 is 5.32 Å². The van der Waals surface area contributed by atoms with Crippen molar-refractivity contribution in [3.8, 4) is 0 Å². The molecule has 1 atom stereocenters. The third-order valence-corrected chi connectivity index (χ3v) is 4.46. The first kappa shape index (κ1) is 20.7. The average Bonchev–Trinajstić information content (AvgIpc) is 3.46. The zero-order chi connectivity index (χ0) is 20.3. The molecule has 8 heteroatoms. The molecule has 0 heterocycles. The lowest BCUT2D eigenvalue weighted by Crippen LogP contribution is -2.44. The third kappa shape index (κ3) is 4.37. The first-order valence-electron chi connectivity index (χ1n) is 8.41. The Morgan fingerprint density at radius 1 is 1.33 bits per heavy atom. The summed E-state index contributed by atoms with van der Waals surface area (Å²) >= 11 is 0. The van der Waals surface area contributed by atoms with Gasteiger partial charge < -0.3 is 10.2 Å². The summed E-state index contributed by atoms with van der Waals surface area (Å²) in [5.74, 6) is -2.88. The van der Waals surface area contributed by atoms with Crippen molar-refractivity contribution in [2.45, 2.75) is 38.3 Å². The normalized spacial score (nSPS) is 15.8. The van der Waals surface area contributed by atoms with Crippen LogP contribution in [0, 0.1) is 11.2 Å². The van der Waals surface area contributed by atoms with E-state index in [0.29, 0.717) is 12.8 Å². The summed E-state index contributed by atoms with van der Waals surface area (Å²) in [7, 11) is 1.13. The van der Waals surface area contributed by atoms with Gasteiger partial charge in [-0.25, -0.2) is 13.2 Å². The van der Waals surface area contributed by atoms with Crippen molar-refractivity contribution in [2.24, 2.45) is 0 Å². The summed E-state index contributed by atoms with van der Waals surface area (Å²) in [5.41, 5.74) is -1.97. The van der Waals surface area contributed by atoms with Gasteiger partial charge in [-0.05, 0) is 31.4 Å². The number of rotatable bonds is 8. The van der Waals surface area contributed by atoms with E-state index in [1.165, 1.54) is 23.1 Å². The minimum Gasteiger partial charge on any atom is -0.364 e. The molecule has 2 N–H and O–H groups in total. The Morgan fingerprint density at radius 2 is 1.93 bits per heavy atom. The highest BCUT2D eigenvalue weighted by molar-refractivity contribution is 6.22. The molecule has 27 heavy (non-hydrogen) atoms. The molecular formula is C19H21F4N3O. The van der Waals surface area contributed by atoms with Crippen LogP contribution in [-0.4, -0.2) is 42.1 Å². The molecule has 1 aliphatic carbocycles. The first-order valence-corrected chi connectivity index (χ1v) is 8.41. The maximum absolute atomic E-state index is 14.1. The van der Waals surface area contributed by atoms with E-state index in [4.69, 9.17) is 5.41 Å². The number of hydrogen-bond donors (Lipinski definition) is 2. The van der Waals surface area contributed by atoms with Crippen molar-refractivity contribution in [1.29, 1.82) is 5.41 Å². The van der Waals surface area contributed by atoms with Crippen molar-refractivity contribution < 1.29 is 22.4 Å². The van der Waals surface area contributed by atoms with E-state index in [2.05, 4.69) is 6.58 Å². The number of nitrogens with zero attached hydrogens (tertiary/aromatic N) is 1. The summed E-state index contributed by atoms with van der Waals surface area (Å²) in [6.45, 7) is 5.42. The van der Waals surface area contributed by atoms with E-state index < -0.39 is 41.4 Å². The summed E-state index contributed by atoms with van der Waals surface area (Å²) in [5, 5.41) is 9.46. The van der Waals surface area contributed by atoms with Crippen LogP contribution >= 0.6 is 0 Å². The van der Waals surface area contributed by atoms with Crippen molar-refractivity contribution >= 4 is 17.2 Å². The van der Waals surface area contributed by atoms with Crippen LogP contribution in [0.5, 0.6) is 0 Å². The predicted molar refractivity (Wildman–Crippen MR) is 95.7 cm³/mol. The van der Waals surface area contributed by atoms with Crippen LogP contribution in [0.1, 0.15) is 25.3 Å². The number of carbonyl (C=O) groups is 1. The molecule has 1 aliphatic rings. The fraction of sp³-hybridized carbons (Fsp3) is 0.368. The molecule has 0 bridgehead atoms. The maximum Gasteiger partial charge on any atom is 0.280 e. The molecule has 1 aromatic rings. The molecule has 4 nitrogen and oxygen atoms in total. The van der Waals surface area contributed by atoms with E-state index >= 15 is 0 Å². The van der Waals surface area contributed by atoms with Crippen LogP contribution in [0.15, 0.2) is 42.4 Å². The van der Waals surface area contributed by atoms with E-state index in [9.17, 15) is 22.4 Å². The second-order valence-corrected chi connectivity index (χ2v) is 6.28. The summed E-state index contributed by atoms with van der Waals surface area (Å²) in [6, 6.07) is 4.78. The Bertz CT molecular complexity index is 787. The molecule has 0 aromatic heterocycles. The molecule has 0 spiro atoms. The van der Waals surface area contributed by atoms with Crippen LogP contribution in [0.25, 0.3) is 5.57 Å². The van der Waals surface area contributed by atoms with E-state index in [1.807, 2.05) is 5.32 Å². The fourth-order valence-electron chi connectivity index (χ4n) is 2.82. The molecule has 1 unspecified atom stereocenters. The molecule has 0 radical (unpaired) electrons.